The molecule has 15 heavy (non-hydrogen) atoms. The van der Waals surface area contributed by atoms with E-state index in [0.717, 1.165) is 5.56 Å². The largest absolute Gasteiger partial charge is 0.465 e. The molecule has 0 aliphatic heterocycles. The SMILES string of the molecule is CNC(C)(C)c1cccc(C(=O)OC)c1. The summed E-state index contributed by atoms with van der Waals surface area (Å²) in [5, 5.41) is 3.19. The molecule has 0 atom stereocenters. The minimum absolute atomic E-state index is 0.149. The van der Waals surface area contributed by atoms with Crippen molar-refractivity contribution >= 4 is 5.97 Å². The van der Waals surface area contributed by atoms with Crippen LogP contribution in [0.15, 0.2) is 24.3 Å². The molecule has 3 heteroatoms. The van der Waals surface area contributed by atoms with E-state index in [4.69, 9.17) is 0 Å². The first-order valence-corrected chi connectivity index (χ1v) is 4.89. The van der Waals surface area contributed by atoms with Gasteiger partial charge in [-0.05, 0) is 38.6 Å². The van der Waals surface area contributed by atoms with Gasteiger partial charge in [-0.25, -0.2) is 4.79 Å². The van der Waals surface area contributed by atoms with Crippen LogP contribution in [-0.2, 0) is 10.3 Å². The number of esters is 1. The standard InChI is InChI=1S/C12H17NO2/c1-12(2,13-3)10-7-5-6-9(8-10)11(14)15-4/h5-8,13H,1-4H3. The molecular weight excluding hydrogens is 190 g/mol. The Hall–Kier alpha value is -1.35. The minimum Gasteiger partial charge on any atom is -0.465 e. The van der Waals surface area contributed by atoms with E-state index >= 15 is 0 Å². The maximum absolute atomic E-state index is 11.3. The molecule has 0 amide bonds. The van der Waals surface area contributed by atoms with Crippen molar-refractivity contribution in [3.05, 3.63) is 35.4 Å². The molecule has 0 unspecified atom stereocenters. The lowest BCUT2D eigenvalue weighted by molar-refractivity contribution is 0.0600. The van der Waals surface area contributed by atoms with Gasteiger partial charge >= 0.3 is 5.97 Å². The lowest BCUT2D eigenvalue weighted by Gasteiger charge is -2.24. The molecule has 82 valence electrons. The van der Waals surface area contributed by atoms with Crippen LogP contribution in [-0.4, -0.2) is 20.1 Å². The second kappa shape index (κ2) is 4.45. The number of hydrogen-bond donors (Lipinski definition) is 1. The Morgan fingerprint density at radius 2 is 2.07 bits per heavy atom. The molecular formula is C12H17NO2. The maximum Gasteiger partial charge on any atom is 0.337 e. The van der Waals surface area contributed by atoms with Gasteiger partial charge in [0.15, 0.2) is 0 Å². The molecule has 0 radical (unpaired) electrons. The Morgan fingerprint density at radius 1 is 1.40 bits per heavy atom. The topological polar surface area (TPSA) is 38.3 Å². The maximum atomic E-state index is 11.3. The number of carbonyl (C=O) groups is 1. The first-order chi connectivity index (χ1) is 7.01. The molecule has 0 aromatic heterocycles. The molecule has 1 aromatic rings. The Labute approximate surface area is 90.4 Å². The lowest BCUT2D eigenvalue weighted by atomic mass is 9.93. The molecule has 0 heterocycles. The summed E-state index contributed by atoms with van der Waals surface area (Å²) in [6.07, 6.45) is 0. The van der Waals surface area contributed by atoms with E-state index in [2.05, 4.69) is 23.9 Å². The summed E-state index contributed by atoms with van der Waals surface area (Å²) < 4.78 is 4.68. The minimum atomic E-state index is -0.302. The molecule has 3 nitrogen and oxygen atoms in total. The molecule has 0 spiro atoms. The van der Waals surface area contributed by atoms with Crippen LogP contribution in [0.1, 0.15) is 29.8 Å². The van der Waals surface area contributed by atoms with Crippen molar-refractivity contribution in [3.8, 4) is 0 Å². The van der Waals surface area contributed by atoms with Gasteiger partial charge in [0.2, 0.25) is 0 Å². The summed E-state index contributed by atoms with van der Waals surface area (Å²) in [4.78, 5) is 11.3. The molecule has 1 rings (SSSR count). The predicted octanol–water partition coefficient (Wildman–Crippen LogP) is 1.93. The average molecular weight is 207 g/mol. The van der Waals surface area contributed by atoms with Gasteiger partial charge in [0.1, 0.15) is 0 Å². The number of nitrogens with one attached hydrogen (secondary N) is 1. The molecule has 0 saturated carbocycles. The Morgan fingerprint density at radius 3 is 2.60 bits per heavy atom. The zero-order valence-electron chi connectivity index (χ0n) is 9.63. The Kier molecular flexibility index (Phi) is 3.48. The van der Waals surface area contributed by atoms with Gasteiger partial charge in [-0.1, -0.05) is 12.1 Å². The summed E-state index contributed by atoms with van der Waals surface area (Å²) in [5.74, 6) is -0.302. The quantitative estimate of drug-likeness (QED) is 0.770. The fourth-order valence-corrected chi connectivity index (χ4v) is 1.30. The third-order valence-corrected chi connectivity index (χ3v) is 2.63. The van der Waals surface area contributed by atoms with E-state index < -0.39 is 0 Å². The highest BCUT2D eigenvalue weighted by Gasteiger charge is 2.18. The van der Waals surface area contributed by atoms with Crippen LogP contribution in [0.4, 0.5) is 0 Å². The number of ether oxygens (including phenoxy) is 1. The highest BCUT2D eigenvalue weighted by molar-refractivity contribution is 5.89. The highest BCUT2D eigenvalue weighted by Crippen LogP contribution is 2.20. The zero-order chi connectivity index (χ0) is 11.5. The van der Waals surface area contributed by atoms with Crippen LogP contribution in [0.5, 0.6) is 0 Å². The van der Waals surface area contributed by atoms with Crippen molar-refractivity contribution in [2.45, 2.75) is 19.4 Å². The molecule has 0 aliphatic rings. The summed E-state index contributed by atoms with van der Waals surface area (Å²) in [6.45, 7) is 4.12. The average Bonchev–Trinajstić information content (AvgIpc) is 2.28. The van der Waals surface area contributed by atoms with Crippen molar-refractivity contribution in [2.24, 2.45) is 0 Å². The van der Waals surface area contributed by atoms with Gasteiger partial charge in [0, 0.05) is 5.54 Å². The number of hydrogen-bond acceptors (Lipinski definition) is 3. The molecule has 0 bridgehead atoms. The summed E-state index contributed by atoms with van der Waals surface area (Å²) in [6, 6.07) is 7.45. The summed E-state index contributed by atoms with van der Waals surface area (Å²) in [5.41, 5.74) is 1.50. The Bertz CT molecular complexity index is 358. The Balaban J connectivity index is 3.08. The first-order valence-electron chi connectivity index (χ1n) is 4.89. The van der Waals surface area contributed by atoms with Crippen LogP contribution in [0.3, 0.4) is 0 Å². The number of rotatable bonds is 3. The van der Waals surface area contributed by atoms with Crippen molar-refractivity contribution < 1.29 is 9.53 Å². The van der Waals surface area contributed by atoms with Gasteiger partial charge < -0.3 is 10.1 Å². The summed E-state index contributed by atoms with van der Waals surface area (Å²) >= 11 is 0. The third-order valence-electron chi connectivity index (χ3n) is 2.63. The monoisotopic (exact) mass is 207 g/mol. The van der Waals surface area contributed by atoms with Gasteiger partial charge in [-0.2, -0.15) is 0 Å². The van der Waals surface area contributed by atoms with E-state index in [9.17, 15) is 4.79 Å². The second-order valence-corrected chi connectivity index (χ2v) is 3.95. The van der Waals surface area contributed by atoms with Crippen LogP contribution in [0.2, 0.25) is 0 Å². The van der Waals surface area contributed by atoms with Crippen molar-refractivity contribution in [2.75, 3.05) is 14.2 Å². The fraction of sp³-hybridized carbons (Fsp3) is 0.417. The smallest absolute Gasteiger partial charge is 0.337 e. The second-order valence-electron chi connectivity index (χ2n) is 3.95. The number of methoxy groups -OCH3 is 1. The van der Waals surface area contributed by atoms with Crippen LogP contribution in [0.25, 0.3) is 0 Å². The molecule has 0 fully saturated rings. The van der Waals surface area contributed by atoms with Crippen LogP contribution >= 0.6 is 0 Å². The molecule has 0 saturated heterocycles. The fourth-order valence-electron chi connectivity index (χ4n) is 1.30. The molecule has 0 aliphatic carbocycles. The normalized spacial score (nSPS) is 11.2. The third kappa shape index (κ3) is 2.57. The predicted molar refractivity (Wildman–Crippen MR) is 59.9 cm³/mol. The van der Waals surface area contributed by atoms with E-state index in [1.54, 1.807) is 6.07 Å². The van der Waals surface area contributed by atoms with Gasteiger partial charge in [0.25, 0.3) is 0 Å². The van der Waals surface area contributed by atoms with E-state index in [1.807, 2.05) is 25.2 Å². The van der Waals surface area contributed by atoms with E-state index in [1.165, 1.54) is 7.11 Å². The highest BCUT2D eigenvalue weighted by atomic mass is 16.5. The first kappa shape index (κ1) is 11.7. The van der Waals surface area contributed by atoms with Gasteiger partial charge in [0.05, 0.1) is 12.7 Å². The van der Waals surface area contributed by atoms with E-state index in [0.29, 0.717) is 5.56 Å². The van der Waals surface area contributed by atoms with Gasteiger partial charge in [-0.15, -0.1) is 0 Å². The molecule has 1 aromatic carbocycles. The zero-order valence-corrected chi connectivity index (χ0v) is 9.63. The van der Waals surface area contributed by atoms with Crippen molar-refractivity contribution in [3.63, 3.8) is 0 Å². The molecule has 1 N–H and O–H groups in total. The number of benzene rings is 1. The van der Waals surface area contributed by atoms with Crippen molar-refractivity contribution in [1.82, 2.24) is 5.32 Å². The lowest BCUT2D eigenvalue weighted by Crippen LogP contribution is -2.33. The van der Waals surface area contributed by atoms with Crippen molar-refractivity contribution in [1.29, 1.82) is 0 Å². The van der Waals surface area contributed by atoms with Gasteiger partial charge in [-0.3, -0.25) is 0 Å². The number of carbonyl (C=O) groups excluding carboxylic acids is 1. The summed E-state index contributed by atoms with van der Waals surface area (Å²) in [7, 11) is 3.28. The van der Waals surface area contributed by atoms with Crippen LogP contribution in [0, 0.1) is 0 Å². The van der Waals surface area contributed by atoms with E-state index in [-0.39, 0.29) is 11.5 Å². The van der Waals surface area contributed by atoms with Crippen LogP contribution < -0.4 is 5.32 Å².